The van der Waals surface area contributed by atoms with E-state index >= 15 is 0 Å². The first-order valence-electron chi connectivity index (χ1n) is 9.62. The van der Waals surface area contributed by atoms with Gasteiger partial charge in [0.25, 0.3) is 11.3 Å². The van der Waals surface area contributed by atoms with Gasteiger partial charge in [0.2, 0.25) is 11.9 Å². The first kappa shape index (κ1) is 17.5. The predicted molar refractivity (Wildman–Crippen MR) is 109 cm³/mol. The molecular formula is C20H21N7O2. The van der Waals surface area contributed by atoms with Gasteiger partial charge in [0.05, 0.1) is 6.42 Å². The van der Waals surface area contributed by atoms with E-state index in [2.05, 4.69) is 20.1 Å². The van der Waals surface area contributed by atoms with E-state index in [0.717, 1.165) is 16.5 Å². The summed E-state index contributed by atoms with van der Waals surface area (Å²) in [7, 11) is 0. The van der Waals surface area contributed by atoms with Gasteiger partial charge in [-0.2, -0.15) is 9.50 Å². The lowest BCUT2D eigenvalue weighted by molar-refractivity contribution is -0.130. The van der Waals surface area contributed by atoms with Crippen molar-refractivity contribution in [3.8, 4) is 0 Å². The molecule has 0 atom stereocenters. The molecule has 0 radical (unpaired) electrons. The van der Waals surface area contributed by atoms with Gasteiger partial charge < -0.3 is 14.8 Å². The van der Waals surface area contributed by atoms with Gasteiger partial charge >= 0.3 is 0 Å². The Kier molecular flexibility index (Phi) is 4.08. The minimum atomic E-state index is -0.182. The molecule has 0 unspecified atom stereocenters. The van der Waals surface area contributed by atoms with Crippen LogP contribution in [0.3, 0.4) is 0 Å². The van der Waals surface area contributed by atoms with Gasteiger partial charge in [-0.05, 0) is 18.6 Å². The van der Waals surface area contributed by atoms with Gasteiger partial charge in [-0.15, -0.1) is 0 Å². The molecule has 148 valence electrons. The van der Waals surface area contributed by atoms with Crippen molar-refractivity contribution in [1.29, 1.82) is 0 Å². The second kappa shape index (κ2) is 6.77. The van der Waals surface area contributed by atoms with Crippen LogP contribution in [-0.2, 0) is 11.2 Å². The van der Waals surface area contributed by atoms with E-state index in [-0.39, 0.29) is 11.5 Å². The van der Waals surface area contributed by atoms with Crippen molar-refractivity contribution in [3.05, 3.63) is 58.1 Å². The maximum Gasteiger partial charge on any atom is 0.274 e. The predicted octanol–water partition coefficient (Wildman–Crippen LogP) is 1.10. The van der Waals surface area contributed by atoms with E-state index in [0.29, 0.717) is 50.0 Å². The average Bonchev–Trinajstić information content (AvgIpc) is 3.33. The van der Waals surface area contributed by atoms with Crippen molar-refractivity contribution in [3.63, 3.8) is 0 Å². The minimum absolute atomic E-state index is 0.118. The quantitative estimate of drug-likeness (QED) is 0.544. The number of nitrogens with one attached hydrogen (secondary N) is 2. The molecule has 4 aromatic rings. The lowest BCUT2D eigenvalue weighted by Gasteiger charge is -2.34. The lowest BCUT2D eigenvalue weighted by Crippen LogP contribution is -2.49. The molecule has 0 saturated carbocycles. The second-order valence-electron chi connectivity index (χ2n) is 7.32. The molecule has 1 aromatic carbocycles. The monoisotopic (exact) mass is 391 g/mol. The fourth-order valence-corrected chi connectivity index (χ4v) is 3.84. The molecular weight excluding hydrogens is 370 g/mol. The molecule has 4 heterocycles. The molecule has 3 aromatic heterocycles. The molecule has 0 aliphatic carbocycles. The number of anilines is 1. The zero-order valence-electron chi connectivity index (χ0n) is 16.1. The van der Waals surface area contributed by atoms with E-state index in [4.69, 9.17) is 0 Å². The molecule has 0 spiro atoms. The normalized spacial score (nSPS) is 14.8. The second-order valence-corrected chi connectivity index (χ2v) is 7.32. The molecule has 29 heavy (non-hydrogen) atoms. The highest BCUT2D eigenvalue weighted by Gasteiger charge is 2.24. The van der Waals surface area contributed by atoms with E-state index in [9.17, 15) is 9.59 Å². The molecule has 9 nitrogen and oxygen atoms in total. The molecule has 1 amide bonds. The van der Waals surface area contributed by atoms with Crippen molar-refractivity contribution in [2.24, 2.45) is 0 Å². The van der Waals surface area contributed by atoms with E-state index in [1.54, 1.807) is 6.92 Å². The number of hydrogen-bond donors (Lipinski definition) is 2. The summed E-state index contributed by atoms with van der Waals surface area (Å²) in [6, 6.07) is 9.48. The zero-order chi connectivity index (χ0) is 20.0. The Morgan fingerprint density at radius 1 is 1.14 bits per heavy atom. The number of hydrogen-bond acceptors (Lipinski definition) is 5. The highest BCUT2D eigenvalue weighted by molar-refractivity contribution is 5.89. The Labute approximate surface area is 166 Å². The van der Waals surface area contributed by atoms with Crippen LogP contribution < -0.4 is 10.5 Å². The van der Waals surface area contributed by atoms with Crippen LogP contribution in [0.15, 0.2) is 41.3 Å². The van der Waals surface area contributed by atoms with Crippen LogP contribution in [0.5, 0.6) is 0 Å². The van der Waals surface area contributed by atoms with Gasteiger partial charge in [-0.25, -0.2) is 4.98 Å². The molecule has 1 aliphatic heterocycles. The number of aromatic nitrogens is 5. The Balaban J connectivity index is 1.27. The van der Waals surface area contributed by atoms with Gasteiger partial charge in [0.15, 0.2) is 0 Å². The Bertz CT molecular complexity index is 1260. The van der Waals surface area contributed by atoms with Crippen molar-refractivity contribution in [2.75, 3.05) is 31.1 Å². The number of H-pyrrole nitrogens is 2. The fourth-order valence-electron chi connectivity index (χ4n) is 3.84. The number of aromatic amines is 2. The van der Waals surface area contributed by atoms with Crippen LogP contribution in [0.2, 0.25) is 0 Å². The van der Waals surface area contributed by atoms with Gasteiger partial charge in [0, 0.05) is 55.0 Å². The summed E-state index contributed by atoms with van der Waals surface area (Å²) >= 11 is 0. The Morgan fingerprint density at radius 3 is 2.76 bits per heavy atom. The number of para-hydroxylation sites is 1. The fraction of sp³-hybridized carbons (Fsp3) is 0.300. The SMILES string of the molecule is Cc1cc(=O)n2[nH]c(N3CCN(C(=O)Cc4c[nH]c5ccccc45)CC3)nc2n1. The first-order chi connectivity index (χ1) is 14.1. The third kappa shape index (κ3) is 3.14. The summed E-state index contributed by atoms with van der Waals surface area (Å²) < 4.78 is 1.34. The zero-order valence-corrected chi connectivity index (χ0v) is 16.1. The van der Waals surface area contributed by atoms with E-state index in [1.165, 1.54) is 10.6 Å². The number of amides is 1. The largest absolute Gasteiger partial charge is 0.361 e. The number of rotatable bonds is 3. The van der Waals surface area contributed by atoms with Crippen LogP contribution in [-0.4, -0.2) is 61.6 Å². The van der Waals surface area contributed by atoms with Crippen molar-refractivity contribution < 1.29 is 4.79 Å². The summed E-state index contributed by atoms with van der Waals surface area (Å²) in [5, 5.41) is 4.10. The number of nitrogens with zero attached hydrogens (tertiary/aromatic N) is 5. The summed E-state index contributed by atoms with van der Waals surface area (Å²) in [6.45, 7) is 4.29. The van der Waals surface area contributed by atoms with Gasteiger partial charge in [0.1, 0.15) is 0 Å². The summed E-state index contributed by atoms with van der Waals surface area (Å²) in [5.41, 5.74) is 2.52. The maximum atomic E-state index is 12.8. The van der Waals surface area contributed by atoms with Gasteiger partial charge in [-0.1, -0.05) is 18.2 Å². The Hall–Kier alpha value is -3.62. The maximum absolute atomic E-state index is 12.8. The number of carbonyl (C=O) groups is 1. The van der Waals surface area contributed by atoms with E-state index in [1.807, 2.05) is 40.3 Å². The highest BCUT2D eigenvalue weighted by Crippen LogP contribution is 2.19. The van der Waals surface area contributed by atoms with E-state index < -0.39 is 0 Å². The van der Waals surface area contributed by atoms with Crippen LogP contribution in [0.4, 0.5) is 5.95 Å². The molecule has 5 rings (SSSR count). The summed E-state index contributed by atoms with van der Waals surface area (Å²) in [4.78, 5) is 40.7. The van der Waals surface area contributed by atoms with Crippen molar-refractivity contribution >= 4 is 28.5 Å². The molecule has 2 N–H and O–H groups in total. The molecule has 9 heteroatoms. The number of aryl methyl sites for hydroxylation is 1. The topological polar surface area (TPSA) is 102 Å². The third-order valence-electron chi connectivity index (χ3n) is 5.40. The molecule has 1 saturated heterocycles. The lowest BCUT2D eigenvalue weighted by atomic mass is 10.1. The summed E-state index contributed by atoms with van der Waals surface area (Å²) in [5.74, 6) is 1.08. The smallest absolute Gasteiger partial charge is 0.274 e. The minimum Gasteiger partial charge on any atom is -0.361 e. The summed E-state index contributed by atoms with van der Waals surface area (Å²) in [6.07, 6.45) is 2.30. The van der Waals surface area contributed by atoms with Crippen LogP contribution in [0.1, 0.15) is 11.3 Å². The van der Waals surface area contributed by atoms with Crippen LogP contribution in [0, 0.1) is 6.92 Å². The van der Waals surface area contributed by atoms with Crippen LogP contribution in [0.25, 0.3) is 16.7 Å². The number of benzene rings is 1. The van der Waals surface area contributed by atoms with Gasteiger partial charge in [-0.3, -0.25) is 14.7 Å². The Morgan fingerprint density at radius 2 is 1.93 bits per heavy atom. The number of carbonyl (C=O) groups excluding carboxylic acids is 1. The standard InChI is InChI=1S/C20H21N7O2/c1-13-10-18(29)27-19(22-13)23-20(24-27)26-8-6-25(7-9-26)17(28)11-14-12-21-16-5-3-2-4-15(14)16/h2-5,10,12,21H,6-9,11H2,1H3,(H,22,23,24). The average molecular weight is 391 g/mol. The molecule has 0 bridgehead atoms. The first-order valence-corrected chi connectivity index (χ1v) is 9.62. The van der Waals surface area contributed by atoms with Crippen molar-refractivity contribution in [1.82, 2.24) is 29.5 Å². The van der Waals surface area contributed by atoms with Crippen molar-refractivity contribution in [2.45, 2.75) is 13.3 Å². The number of fused-ring (bicyclic) bond motifs is 2. The van der Waals surface area contributed by atoms with Crippen LogP contribution >= 0.6 is 0 Å². The molecule has 1 aliphatic rings. The number of piperazine rings is 1. The highest BCUT2D eigenvalue weighted by atomic mass is 16.2. The third-order valence-corrected chi connectivity index (χ3v) is 5.40. The molecule has 1 fully saturated rings.